The van der Waals surface area contributed by atoms with E-state index >= 15 is 0 Å². The van der Waals surface area contributed by atoms with Gasteiger partial charge in [-0.15, -0.1) is 0 Å². The zero-order valence-corrected chi connectivity index (χ0v) is 16.5. The lowest BCUT2D eigenvalue weighted by Gasteiger charge is -2.40. The average molecular weight is 332 g/mol. The van der Waals surface area contributed by atoms with Crippen molar-refractivity contribution in [2.45, 2.75) is 71.4 Å². The van der Waals surface area contributed by atoms with Crippen molar-refractivity contribution in [2.24, 2.45) is 0 Å². The maximum Gasteiger partial charge on any atom is 0.410 e. The number of likely N-dealkylation sites (tertiary alicyclic amines) is 1. The molecular weight excluding hydrogens is 298 g/mol. The van der Waals surface area contributed by atoms with Crippen LogP contribution in [0.1, 0.15) is 41.5 Å². The minimum absolute atomic E-state index is 0.107. The van der Waals surface area contributed by atoms with E-state index in [4.69, 9.17) is 13.9 Å². The van der Waals surface area contributed by atoms with Crippen molar-refractivity contribution < 1.29 is 18.7 Å². The molecule has 0 aliphatic carbocycles. The lowest BCUT2D eigenvalue weighted by molar-refractivity contribution is -0.0685. The summed E-state index contributed by atoms with van der Waals surface area (Å²) in [5.41, 5.74) is -0.444. The van der Waals surface area contributed by atoms with Crippen molar-refractivity contribution in [3.63, 3.8) is 0 Å². The highest BCUT2D eigenvalue weighted by atomic mass is 28.4. The fourth-order valence-electron chi connectivity index (χ4n) is 1.75. The number of ether oxygens (including phenoxy) is 2. The second kappa shape index (κ2) is 6.89. The first-order valence-corrected chi connectivity index (χ1v) is 11.0. The van der Waals surface area contributed by atoms with Crippen LogP contribution in [0.2, 0.25) is 18.1 Å². The van der Waals surface area contributed by atoms with Crippen molar-refractivity contribution in [3.05, 3.63) is 0 Å². The first-order valence-electron chi connectivity index (χ1n) is 8.05. The van der Waals surface area contributed by atoms with Gasteiger partial charge in [-0.05, 0) is 38.9 Å². The Morgan fingerprint density at radius 1 is 1.09 bits per heavy atom. The molecular formula is C16H33NO4Si. The van der Waals surface area contributed by atoms with Gasteiger partial charge in [-0.1, -0.05) is 20.8 Å². The summed E-state index contributed by atoms with van der Waals surface area (Å²) in [5.74, 6) is 0. The SMILES string of the molecule is CC(C)(C)OC(=O)N1CC(OCCO[Si](C)(C)C(C)(C)C)C1. The van der Waals surface area contributed by atoms with Crippen LogP contribution in [0.3, 0.4) is 0 Å². The van der Waals surface area contributed by atoms with Gasteiger partial charge in [-0.25, -0.2) is 4.79 Å². The Kier molecular flexibility index (Phi) is 6.09. The van der Waals surface area contributed by atoms with Gasteiger partial charge >= 0.3 is 6.09 Å². The Hall–Kier alpha value is -0.593. The van der Waals surface area contributed by atoms with E-state index in [1.54, 1.807) is 4.90 Å². The van der Waals surface area contributed by atoms with Gasteiger partial charge in [0.1, 0.15) is 5.60 Å². The third-order valence-electron chi connectivity index (χ3n) is 4.21. The Bertz CT molecular complexity index is 379. The number of rotatable bonds is 5. The summed E-state index contributed by atoms with van der Waals surface area (Å²) < 4.78 is 17.1. The Labute approximate surface area is 136 Å². The van der Waals surface area contributed by atoms with Crippen LogP contribution in [0.15, 0.2) is 0 Å². The molecule has 0 radical (unpaired) electrons. The number of carbonyl (C=O) groups is 1. The number of amides is 1. The standard InChI is InChI=1S/C16H33NO4Si/c1-15(2,3)21-14(18)17-11-13(12-17)19-9-10-20-22(7,8)16(4,5)6/h13H,9-12H2,1-8H3. The molecule has 0 unspecified atom stereocenters. The minimum atomic E-state index is -1.69. The molecule has 0 aromatic heterocycles. The van der Waals surface area contributed by atoms with E-state index in [1.165, 1.54) is 0 Å². The van der Waals surface area contributed by atoms with E-state index in [-0.39, 0.29) is 17.2 Å². The van der Waals surface area contributed by atoms with Gasteiger partial charge in [0, 0.05) is 0 Å². The molecule has 1 aliphatic rings. The summed E-state index contributed by atoms with van der Waals surface area (Å²) in [4.78, 5) is 13.5. The second-order valence-corrected chi connectivity index (χ2v) is 13.3. The minimum Gasteiger partial charge on any atom is -0.444 e. The topological polar surface area (TPSA) is 48.0 Å². The monoisotopic (exact) mass is 331 g/mol. The first kappa shape index (κ1) is 19.5. The highest BCUT2D eigenvalue weighted by molar-refractivity contribution is 6.74. The second-order valence-electron chi connectivity index (χ2n) is 8.49. The van der Waals surface area contributed by atoms with E-state index < -0.39 is 13.9 Å². The molecule has 1 saturated heterocycles. The first-order chi connectivity index (χ1) is 9.82. The van der Waals surface area contributed by atoms with Crippen LogP contribution in [0.4, 0.5) is 4.79 Å². The van der Waals surface area contributed by atoms with Crippen LogP contribution in [-0.2, 0) is 13.9 Å². The average Bonchev–Trinajstić information content (AvgIpc) is 2.21. The van der Waals surface area contributed by atoms with Crippen molar-refractivity contribution in [2.75, 3.05) is 26.3 Å². The van der Waals surface area contributed by atoms with Crippen LogP contribution in [-0.4, -0.2) is 57.3 Å². The summed E-state index contributed by atoms with van der Waals surface area (Å²) in [6.07, 6.45) is -0.152. The van der Waals surface area contributed by atoms with Crippen LogP contribution in [0, 0.1) is 0 Å². The number of carbonyl (C=O) groups excluding carboxylic acids is 1. The maximum absolute atomic E-state index is 11.8. The molecule has 22 heavy (non-hydrogen) atoms. The normalized spacial score (nSPS) is 17.4. The van der Waals surface area contributed by atoms with Crippen LogP contribution < -0.4 is 0 Å². The molecule has 0 aromatic carbocycles. The molecule has 0 bridgehead atoms. The molecule has 0 N–H and O–H groups in total. The Balaban J connectivity index is 2.17. The quantitative estimate of drug-likeness (QED) is 0.570. The number of hydrogen-bond donors (Lipinski definition) is 0. The predicted octanol–water partition coefficient (Wildman–Crippen LogP) is 3.64. The van der Waals surface area contributed by atoms with E-state index in [9.17, 15) is 4.79 Å². The summed E-state index contributed by atoms with van der Waals surface area (Å²) in [6, 6.07) is 0. The molecule has 6 heteroatoms. The van der Waals surface area contributed by atoms with Crippen molar-refractivity contribution >= 4 is 14.4 Å². The van der Waals surface area contributed by atoms with Gasteiger partial charge in [-0.3, -0.25) is 0 Å². The number of nitrogens with zero attached hydrogens (tertiary/aromatic N) is 1. The lowest BCUT2D eigenvalue weighted by Crippen LogP contribution is -2.56. The summed E-state index contributed by atoms with van der Waals surface area (Å²) in [6.45, 7) is 19.2. The summed E-state index contributed by atoms with van der Waals surface area (Å²) in [7, 11) is -1.69. The van der Waals surface area contributed by atoms with E-state index in [2.05, 4.69) is 33.9 Å². The highest BCUT2D eigenvalue weighted by Gasteiger charge is 2.37. The zero-order chi connectivity index (χ0) is 17.2. The van der Waals surface area contributed by atoms with Crippen molar-refractivity contribution in [1.82, 2.24) is 4.90 Å². The summed E-state index contributed by atoms with van der Waals surface area (Å²) in [5, 5.41) is 0.219. The van der Waals surface area contributed by atoms with E-state index in [1.807, 2.05) is 20.8 Å². The summed E-state index contributed by atoms with van der Waals surface area (Å²) >= 11 is 0. The third-order valence-corrected chi connectivity index (χ3v) is 8.74. The molecule has 0 spiro atoms. The van der Waals surface area contributed by atoms with Crippen LogP contribution >= 0.6 is 0 Å². The molecule has 1 fully saturated rings. The predicted molar refractivity (Wildman–Crippen MR) is 90.7 cm³/mol. The zero-order valence-electron chi connectivity index (χ0n) is 15.5. The molecule has 130 valence electrons. The molecule has 1 rings (SSSR count). The molecule has 5 nitrogen and oxygen atoms in total. The maximum atomic E-state index is 11.8. The molecule has 1 aliphatic heterocycles. The molecule has 0 atom stereocenters. The van der Waals surface area contributed by atoms with Crippen molar-refractivity contribution in [1.29, 1.82) is 0 Å². The van der Waals surface area contributed by atoms with Crippen LogP contribution in [0.5, 0.6) is 0 Å². The molecule has 0 aromatic rings. The molecule has 0 saturated carbocycles. The Morgan fingerprint density at radius 3 is 2.09 bits per heavy atom. The van der Waals surface area contributed by atoms with Gasteiger partial charge in [0.15, 0.2) is 8.32 Å². The van der Waals surface area contributed by atoms with Gasteiger partial charge < -0.3 is 18.8 Å². The van der Waals surface area contributed by atoms with Gasteiger partial charge in [-0.2, -0.15) is 0 Å². The van der Waals surface area contributed by atoms with E-state index in [0.717, 1.165) is 0 Å². The van der Waals surface area contributed by atoms with Crippen LogP contribution in [0.25, 0.3) is 0 Å². The highest BCUT2D eigenvalue weighted by Crippen LogP contribution is 2.36. The van der Waals surface area contributed by atoms with Gasteiger partial charge in [0.05, 0.1) is 32.4 Å². The molecule has 1 amide bonds. The Morgan fingerprint density at radius 2 is 1.64 bits per heavy atom. The largest absolute Gasteiger partial charge is 0.444 e. The molecule has 1 heterocycles. The van der Waals surface area contributed by atoms with E-state index in [0.29, 0.717) is 26.3 Å². The van der Waals surface area contributed by atoms with Gasteiger partial charge in [0.25, 0.3) is 0 Å². The lowest BCUT2D eigenvalue weighted by atomic mass is 10.2. The van der Waals surface area contributed by atoms with Crippen molar-refractivity contribution in [3.8, 4) is 0 Å². The third kappa shape index (κ3) is 5.89. The smallest absolute Gasteiger partial charge is 0.410 e. The fourth-order valence-corrected chi connectivity index (χ4v) is 2.77. The fraction of sp³-hybridized carbons (Fsp3) is 0.938. The number of hydrogen-bond acceptors (Lipinski definition) is 4. The van der Waals surface area contributed by atoms with Gasteiger partial charge in [0.2, 0.25) is 0 Å².